The van der Waals surface area contributed by atoms with E-state index in [1.807, 2.05) is 12.1 Å². The summed E-state index contributed by atoms with van der Waals surface area (Å²) in [6.45, 7) is 3.79. The van der Waals surface area contributed by atoms with E-state index in [1.165, 1.54) is 5.56 Å². The molecule has 0 radical (unpaired) electrons. The van der Waals surface area contributed by atoms with E-state index in [4.69, 9.17) is 10.5 Å². The lowest BCUT2D eigenvalue weighted by Gasteiger charge is -2.29. The van der Waals surface area contributed by atoms with E-state index in [1.54, 1.807) is 0 Å². The average Bonchev–Trinajstić information content (AvgIpc) is 2.27. The van der Waals surface area contributed by atoms with Crippen LogP contribution in [0.1, 0.15) is 24.8 Å². The highest BCUT2D eigenvalue weighted by atomic mass is 16.5. The van der Waals surface area contributed by atoms with Gasteiger partial charge in [-0.3, -0.25) is 0 Å². The first-order valence-electron chi connectivity index (χ1n) is 5.24. The zero-order valence-electron chi connectivity index (χ0n) is 8.57. The molecule has 2 nitrogen and oxygen atoms in total. The van der Waals surface area contributed by atoms with Crippen LogP contribution in [0.2, 0.25) is 0 Å². The Kier molecular flexibility index (Phi) is 2.73. The molecule has 0 saturated carbocycles. The van der Waals surface area contributed by atoms with Gasteiger partial charge in [-0.2, -0.15) is 0 Å². The van der Waals surface area contributed by atoms with Crippen molar-refractivity contribution in [2.24, 2.45) is 11.7 Å². The van der Waals surface area contributed by atoms with Crippen LogP contribution < -0.4 is 10.5 Å². The van der Waals surface area contributed by atoms with Gasteiger partial charge in [0.2, 0.25) is 0 Å². The molecule has 1 aromatic carbocycles. The van der Waals surface area contributed by atoms with E-state index >= 15 is 0 Å². The van der Waals surface area contributed by atoms with Gasteiger partial charge in [0, 0.05) is 0 Å². The van der Waals surface area contributed by atoms with Gasteiger partial charge in [0.1, 0.15) is 5.75 Å². The molecule has 0 fully saturated rings. The Morgan fingerprint density at radius 3 is 3.07 bits per heavy atom. The van der Waals surface area contributed by atoms with E-state index in [-0.39, 0.29) is 0 Å². The Morgan fingerprint density at radius 1 is 1.50 bits per heavy atom. The molecule has 0 amide bonds. The van der Waals surface area contributed by atoms with Crippen molar-refractivity contribution in [3.63, 3.8) is 0 Å². The fourth-order valence-corrected chi connectivity index (χ4v) is 2.12. The molecule has 0 spiro atoms. The minimum Gasteiger partial charge on any atom is -0.493 e. The Hall–Kier alpha value is -1.02. The third-order valence-electron chi connectivity index (χ3n) is 3.06. The van der Waals surface area contributed by atoms with Gasteiger partial charge in [0.15, 0.2) is 0 Å². The molecule has 0 aliphatic carbocycles. The Balaban J connectivity index is 2.30. The fraction of sp³-hybridized carbons (Fsp3) is 0.500. The normalized spacial score (nSPS) is 22.3. The first-order valence-corrected chi connectivity index (χ1v) is 5.24. The number of benzene rings is 1. The number of ether oxygens (including phenoxy) is 1. The highest BCUT2D eigenvalue weighted by molar-refractivity contribution is 5.38. The molecular formula is C12H17NO. The highest BCUT2D eigenvalue weighted by Crippen LogP contribution is 2.37. The summed E-state index contributed by atoms with van der Waals surface area (Å²) in [7, 11) is 0. The fourth-order valence-electron chi connectivity index (χ4n) is 2.12. The van der Waals surface area contributed by atoms with Gasteiger partial charge >= 0.3 is 0 Å². The number of para-hydroxylation sites is 1. The first-order chi connectivity index (χ1) is 6.83. The van der Waals surface area contributed by atoms with Crippen LogP contribution in [0.15, 0.2) is 24.3 Å². The molecule has 0 saturated heterocycles. The van der Waals surface area contributed by atoms with Crippen LogP contribution in [-0.2, 0) is 0 Å². The van der Waals surface area contributed by atoms with Crippen molar-refractivity contribution in [1.29, 1.82) is 0 Å². The van der Waals surface area contributed by atoms with Gasteiger partial charge in [-0.05, 0) is 36.4 Å². The van der Waals surface area contributed by atoms with E-state index in [9.17, 15) is 0 Å². The lowest BCUT2D eigenvalue weighted by Crippen LogP contribution is -2.24. The molecule has 1 heterocycles. The molecule has 2 rings (SSSR count). The molecule has 0 bridgehead atoms. The van der Waals surface area contributed by atoms with E-state index in [0.29, 0.717) is 11.8 Å². The van der Waals surface area contributed by atoms with Gasteiger partial charge in [-0.15, -0.1) is 0 Å². The molecule has 1 aliphatic rings. The SMILES string of the molecule is C[C@@H](CN)C1CCOc2ccccc21. The predicted molar refractivity (Wildman–Crippen MR) is 57.5 cm³/mol. The van der Waals surface area contributed by atoms with Crippen molar-refractivity contribution in [2.75, 3.05) is 13.2 Å². The van der Waals surface area contributed by atoms with Gasteiger partial charge in [0.05, 0.1) is 6.61 Å². The van der Waals surface area contributed by atoms with Gasteiger partial charge < -0.3 is 10.5 Å². The lowest BCUT2D eigenvalue weighted by molar-refractivity contribution is 0.244. The van der Waals surface area contributed by atoms with Gasteiger partial charge in [-0.25, -0.2) is 0 Å². The largest absolute Gasteiger partial charge is 0.493 e. The van der Waals surface area contributed by atoms with Crippen molar-refractivity contribution in [2.45, 2.75) is 19.3 Å². The van der Waals surface area contributed by atoms with Crippen molar-refractivity contribution in [3.8, 4) is 5.75 Å². The van der Waals surface area contributed by atoms with Crippen LogP contribution in [0.3, 0.4) is 0 Å². The van der Waals surface area contributed by atoms with E-state index < -0.39 is 0 Å². The van der Waals surface area contributed by atoms with E-state index in [0.717, 1.165) is 25.3 Å². The van der Waals surface area contributed by atoms with Crippen LogP contribution in [-0.4, -0.2) is 13.2 Å². The topological polar surface area (TPSA) is 35.2 Å². The maximum atomic E-state index is 5.72. The summed E-state index contributed by atoms with van der Waals surface area (Å²) in [4.78, 5) is 0. The lowest BCUT2D eigenvalue weighted by atomic mass is 9.83. The summed E-state index contributed by atoms with van der Waals surface area (Å²) in [6.07, 6.45) is 1.09. The summed E-state index contributed by atoms with van der Waals surface area (Å²) in [6, 6.07) is 8.30. The molecule has 2 heteroatoms. The molecule has 1 aromatic rings. The number of rotatable bonds is 2. The van der Waals surface area contributed by atoms with E-state index in [2.05, 4.69) is 19.1 Å². The molecule has 1 unspecified atom stereocenters. The zero-order chi connectivity index (χ0) is 9.97. The Morgan fingerprint density at radius 2 is 2.29 bits per heavy atom. The maximum Gasteiger partial charge on any atom is 0.122 e. The molecular weight excluding hydrogens is 174 g/mol. The molecule has 2 atom stereocenters. The van der Waals surface area contributed by atoms with Crippen LogP contribution in [0.4, 0.5) is 0 Å². The Labute approximate surface area is 85.1 Å². The van der Waals surface area contributed by atoms with Crippen molar-refractivity contribution in [1.82, 2.24) is 0 Å². The number of fused-ring (bicyclic) bond motifs is 1. The smallest absolute Gasteiger partial charge is 0.122 e. The van der Waals surface area contributed by atoms with Crippen molar-refractivity contribution in [3.05, 3.63) is 29.8 Å². The van der Waals surface area contributed by atoms with Crippen LogP contribution in [0.5, 0.6) is 5.75 Å². The average molecular weight is 191 g/mol. The van der Waals surface area contributed by atoms with Gasteiger partial charge in [-0.1, -0.05) is 25.1 Å². The summed E-state index contributed by atoms with van der Waals surface area (Å²) in [5, 5.41) is 0. The molecule has 0 aromatic heterocycles. The molecule has 2 N–H and O–H groups in total. The van der Waals surface area contributed by atoms with Crippen molar-refractivity contribution < 1.29 is 4.74 Å². The third-order valence-corrected chi connectivity index (χ3v) is 3.06. The second kappa shape index (κ2) is 4.01. The second-order valence-electron chi connectivity index (χ2n) is 3.99. The third kappa shape index (κ3) is 1.62. The minimum atomic E-state index is 0.542. The molecule has 1 aliphatic heterocycles. The summed E-state index contributed by atoms with van der Waals surface area (Å²) >= 11 is 0. The summed E-state index contributed by atoms with van der Waals surface area (Å²) in [5.41, 5.74) is 7.05. The zero-order valence-corrected chi connectivity index (χ0v) is 8.57. The Bertz CT molecular complexity index is 311. The van der Waals surface area contributed by atoms with Crippen LogP contribution in [0, 0.1) is 5.92 Å². The number of hydrogen-bond acceptors (Lipinski definition) is 2. The quantitative estimate of drug-likeness (QED) is 0.777. The van der Waals surface area contributed by atoms with Crippen molar-refractivity contribution >= 4 is 0 Å². The van der Waals surface area contributed by atoms with Crippen LogP contribution >= 0.6 is 0 Å². The summed E-state index contributed by atoms with van der Waals surface area (Å²) in [5.74, 6) is 2.16. The number of nitrogens with two attached hydrogens (primary N) is 1. The predicted octanol–water partition coefficient (Wildman–Crippen LogP) is 2.15. The second-order valence-corrected chi connectivity index (χ2v) is 3.99. The monoisotopic (exact) mass is 191 g/mol. The highest BCUT2D eigenvalue weighted by Gasteiger charge is 2.24. The minimum absolute atomic E-state index is 0.542. The maximum absolute atomic E-state index is 5.72. The van der Waals surface area contributed by atoms with Crippen LogP contribution in [0.25, 0.3) is 0 Å². The standard InChI is InChI=1S/C12H17NO/c1-9(8-13)10-6-7-14-12-5-3-2-4-11(10)12/h2-5,9-10H,6-8,13H2,1H3/t9-,10?/m0/s1. The number of hydrogen-bond donors (Lipinski definition) is 1. The molecule has 76 valence electrons. The van der Waals surface area contributed by atoms with Gasteiger partial charge in [0.25, 0.3) is 0 Å². The molecule has 14 heavy (non-hydrogen) atoms. The summed E-state index contributed by atoms with van der Waals surface area (Å²) < 4.78 is 5.61. The first kappa shape index (κ1) is 9.53.